The summed E-state index contributed by atoms with van der Waals surface area (Å²) in [5.74, 6) is -0.991. The van der Waals surface area contributed by atoms with Crippen LogP contribution in [0.15, 0.2) is 12.2 Å². The monoisotopic (exact) mass is 454 g/mol. The molecular formula is C18H32K2O6S. The van der Waals surface area contributed by atoms with E-state index in [1.807, 2.05) is 12.2 Å². The van der Waals surface area contributed by atoms with Crippen LogP contribution in [0.2, 0.25) is 0 Å². The molecule has 0 saturated carbocycles. The molecule has 6 nitrogen and oxygen atoms in total. The van der Waals surface area contributed by atoms with Crippen LogP contribution >= 0.6 is 0 Å². The molecule has 0 heterocycles. The molecule has 0 aromatic heterocycles. The summed E-state index contributed by atoms with van der Waals surface area (Å²) < 4.78 is 37.0. The van der Waals surface area contributed by atoms with Crippen molar-refractivity contribution < 1.29 is 130 Å². The second-order valence-corrected chi connectivity index (χ2v) is 7.37. The zero-order valence-electron chi connectivity index (χ0n) is 17.3. The van der Waals surface area contributed by atoms with Gasteiger partial charge >= 0.3 is 103 Å². The van der Waals surface area contributed by atoms with Gasteiger partial charge in [-0.15, -0.1) is 0 Å². The third kappa shape index (κ3) is 28.4. The van der Waals surface area contributed by atoms with E-state index in [0.717, 1.165) is 57.8 Å². The predicted octanol–water partition coefficient (Wildman–Crippen LogP) is -2.76. The molecule has 0 unspecified atom stereocenters. The van der Waals surface area contributed by atoms with Crippen molar-refractivity contribution in [3.63, 3.8) is 0 Å². The Morgan fingerprint density at radius 2 is 1.56 bits per heavy atom. The Bertz CT molecular complexity index is 468. The van der Waals surface area contributed by atoms with Crippen LogP contribution in [0, 0.1) is 0 Å². The van der Waals surface area contributed by atoms with Crippen LogP contribution in [0.5, 0.6) is 0 Å². The van der Waals surface area contributed by atoms with Gasteiger partial charge in [0.2, 0.25) is 10.4 Å². The standard InChI is InChI=1S/C18H34O6S.2K/c1-2-3-4-11-14-17(24-25(21,22)23)15-12-9-7-5-6-8-10-13-16-18(19)20;;/h9,12,17H,2-8,10-11,13-16H2,1H3,(H,19,20)(H,21,22,23);;/q;2*+1/p-2/b12-9-;;/t17-;;/m1../s1. The maximum Gasteiger partial charge on any atom is 1.00 e. The summed E-state index contributed by atoms with van der Waals surface area (Å²) >= 11 is 0. The fourth-order valence-corrected chi connectivity index (χ4v) is 3.11. The van der Waals surface area contributed by atoms with Gasteiger partial charge in [-0.05, 0) is 38.5 Å². The van der Waals surface area contributed by atoms with E-state index < -0.39 is 22.5 Å². The van der Waals surface area contributed by atoms with E-state index in [1.165, 1.54) is 0 Å². The first-order valence-corrected chi connectivity index (χ1v) is 10.7. The maximum absolute atomic E-state index is 10.8. The van der Waals surface area contributed by atoms with Gasteiger partial charge in [-0.3, -0.25) is 4.18 Å². The molecule has 0 rings (SSSR count). The zero-order chi connectivity index (χ0) is 19.0. The topological polar surface area (TPSA) is 107 Å². The van der Waals surface area contributed by atoms with E-state index in [2.05, 4.69) is 11.1 Å². The van der Waals surface area contributed by atoms with Crippen molar-refractivity contribution in [1.82, 2.24) is 0 Å². The summed E-state index contributed by atoms with van der Waals surface area (Å²) in [5.41, 5.74) is 0. The Morgan fingerprint density at radius 1 is 0.963 bits per heavy atom. The molecule has 1 atom stereocenters. The molecule has 27 heavy (non-hydrogen) atoms. The van der Waals surface area contributed by atoms with Crippen LogP contribution in [0.1, 0.15) is 90.4 Å². The first kappa shape index (κ1) is 34.0. The van der Waals surface area contributed by atoms with Crippen LogP contribution in [0.25, 0.3) is 0 Å². The first-order valence-electron chi connectivity index (χ1n) is 9.34. The smallest absolute Gasteiger partial charge is 0.726 e. The number of carboxylic acid groups (broad SMARTS) is 1. The number of allylic oxidation sites excluding steroid dienone is 1. The zero-order valence-corrected chi connectivity index (χ0v) is 24.3. The van der Waals surface area contributed by atoms with Gasteiger partial charge < -0.3 is 14.5 Å². The van der Waals surface area contributed by atoms with E-state index in [0.29, 0.717) is 19.3 Å². The van der Waals surface area contributed by atoms with E-state index in [1.54, 1.807) is 0 Å². The van der Waals surface area contributed by atoms with Crippen molar-refractivity contribution in [2.24, 2.45) is 0 Å². The largest absolute Gasteiger partial charge is 1.00 e. The van der Waals surface area contributed by atoms with Gasteiger partial charge in [-0.1, -0.05) is 64.0 Å². The molecule has 0 fully saturated rings. The third-order valence-electron chi connectivity index (χ3n) is 3.95. The Balaban J connectivity index is -0.00000288. The third-order valence-corrected chi connectivity index (χ3v) is 4.46. The van der Waals surface area contributed by atoms with Gasteiger partial charge in [0, 0.05) is 5.97 Å². The molecule has 0 aliphatic heterocycles. The molecule has 0 radical (unpaired) electrons. The Hall–Kier alpha value is 2.35. The molecule has 0 aromatic rings. The van der Waals surface area contributed by atoms with Gasteiger partial charge in [-0.2, -0.15) is 0 Å². The Morgan fingerprint density at radius 3 is 2.15 bits per heavy atom. The molecule has 9 heteroatoms. The number of unbranched alkanes of at least 4 members (excludes halogenated alkanes) is 8. The molecular weight excluding hydrogens is 422 g/mol. The summed E-state index contributed by atoms with van der Waals surface area (Å²) in [6, 6.07) is 0. The SMILES string of the molecule is CCCCCC[C@H](C/C=C\CCCCCCCC(=O)[O-])OS(=O)(=O)[O-].[K+].[K+]. The number of carboxylic acids is 1. The van der Waals surface area contributed by atoms with Crippen LogP contribution < -0.4 is 108 Å². The van der Waals surface area contributed by atoms with Crippen LogP contribution in [-0.2, 0) is 19.4 Å². The van der Waals surface area contributed by atoms with Gasteiger partial charge in [0.15, 0.2) is 0 Å². The van der Waals surface area contributed by atoms with Crippen molar-refractivity contribution in [3.05, 3.63) is 12.2 Å². The van der Waals surface area contributed by atoms with E-state index >= 15 is 0 Å². The number of carbonyl (C=O) groups is 1. The average Bonchev–Trinajstić information content (AvgIpc) is 2.51. The quantitative estimate of drug-likeness (QED) is 0.0775. The fourth-order valence-electron chi connectivity index (χ4n) is 2.60. The van der Waals surface area contributed by atoms with Gasteiger partial charge in [0.25, 0.3) is 0 Å². The van der Waals surface area contributed by atoms with Crippen molar-refractivity contribution in [3.8, 4) is 0 Å². The normalized spacial score (nSPS) is 12.4. The maximum atomic E-state index is 10.8. The second-order valence-electron chi connectivity index (χ2n) is 6.36. The molecule has 0 saturated heterocycles. The molecule has 148 valence electrons. The molecule has 0 bridgehead atoms. The number of carbonyl (C=O) groups excluding carboxylic acids is 1. The number of hydrogen-bond donors (Lipinski definition) is 0. The van der Waals surface area contributed by atoms with Gasteiger partial charge in [0.05, 0.1) is 6.10 Å². The number of rotatable bonds is 17. The molecule has 0 aromatic carbocycles. The summed E-state index contributed by atoms with van der Waals surface area (Å²) in [4.78, 5) is 10.3. The summed E-state index contributed by atoms with van der Waals surface area (Å²) in [6.07, 6.45) is 14.0. The van der Waals surface area contributed by atoms with Gasteiger partial charge in [-0.25, -0.2) is 8.42 Å². The van der Waals surface area contributed by atoms with Crippen LogP contribution in [0.4, 0.5) is 0 Å². The average molecular weight is 455 g/mol. The second kappa shape index (κ2) is 23.0. The Labute approximate surface area is 250 Å². The Kier molecular flexibility index (Phi) is 29.0. The number of aliphatic carboxylic acids is 1. The van der Waals surface area contributed by atoms with Crippen molar-refractivity contribution >= 4 is 16.4 Å². The van der Waals surface area contributed by atoms with E-state index in [9.17, 15) is 22.9 Å². The first-order chi connectivity index (χ1) is 11.8. The molecule has 0 aliphatic carbocycles. The molecule has 0 N–H and O–H groups in total. The van der Waals surface area contributed by atoms with Crippen molar-refractivity contribution in [2.45, 2.75) is 96.5 Å². The minimum Gasteiger partial charge on any atom is -0.726 e. The van der Waals surface area contributed by atoms with Crippen LogP contribution in [-0.4, -0.2) is 25.0 Å². The predicted molar refractivity (Wildman–Crippen MR) is 94.4 cm³/mol. The van der Waals surface area contributed by atoms with Gasteiger partial charge in [0.1, 0.15) is 0 Å². The summed E-state index contributed by atoms with van der Waals surface area (Å²) in [6.45, 7) is 2.10. The van der Waals surface area contributed by atoms with Crippen LogP contribution in [0.3, 0.4) is 0 Å². The summed E-state index contributed by atoms with van der Waals surface area (Å²) in [7, 11) is -4.66. The van der Waals surface area contributed by atoms with Crippen molar-refractivity contribution in [2.75, 3.05) is 0 Å². The van der Waals surface area contributed by atoms with Crippen molar-refractivity contribution in [1.29, 1.82) is 0 Å². The minimum atomic E-state index is -4.66. The van der Waals surface area contributed by atoms with E-state index in [-0.39, 0.29) is 109 Å². The molecule has 0 amide bonds. The summed E-state index contributed by atoms with van der Waals surface area (Å²) in [5, 5.41) is 10.3. The molecule has 0 aliphatic rings. The minimum absolute atomic E-state index is 0. The molecule has 0 spiro atoms. The van der Waals surface area contributed by atoms with E-state index in [4.69, 9.17) is 0 Å². The fraction of sp³-hybridized carbons (Fsp3) is 0.833. The number of hydrogen-bond acceptors (Lipinski definition) is 6.